The topological polar surface area (TPSA) is 87.2 Å². The summed E-state index contributed by atoms with van der Waals surface area (Å²) in [5.41, 5.74) is -0.364. The van der Waals surface area contributed by atoms with Crippen LogP contribution in [-0.4, -0.2) is 52.7 Å². The van der Waals surface area contributed by atoms with Crippen LogP contribution in [0.4, 0.5) is 10.5 Å². The molecule has 2 aliphatic rings. The Morgan fingerprint density at radius 3 is 2.14 bits per heavy atom. The molecule has 0 aromatic carbocycles. The van der Waals surface area contributed by atoms with Gasteiger partial charge in [0.1, 0.15) is 10.5 Å². The first-order valence-corrected chi connectivity index (χ1v) is 14.2. The Bertz CT molecular complexity index is 1050. The number of carboxylic acid groups (broad SMARTS) is 1. The SMILES string of the molecule is CC(C)(C)C#Cc1cc(N(C(=O)[C@H]2CC[C@H](C)CC2)C2CCN(C(=O)OC(C)(C)C)CC2)c(C(=O)O)s1. The predicted octanol–water partition coefficient (Wildman–Crippen LogP) is 6.40. The average molecular weight is 531 g/mol. The van der Waals surface area contributed by atoms with E-state index < -0.39 is 11.6 Å². The molecule has 204 valence electrons. The van der Waals surface area contributed by atoms with E-state index >= 15 is 0 Å². The molecule has 1 aromatic heterocycles. The third kappa shape index (κ3) is 7.98. The minimum absolute atomic E-state index is 0.00162. The molecule has 3 rings (SSSR count). The van der Waals surface area contributed by atoms with Crippen LogP contribution in [0.5, 0.6) is 0 Å². The number of thiophene rings is 1. The van der Waals surface area contributed by atoms with Crippen LogP contribution in [0.1, 0.15) is 102 Å². The number of nitrogens with zero attached hydrogens (tertiary/aromatic N) is 2. The van der Waals surface area contributed by atoms with Crippen molar-refractivity contribution in [3.8, 4) is 11.8 Å². The number of ether oxygens (including phenoxy) is 1. The molecule has 0 atom stereocenters. The highest BCUT2D eigenvalue weighted by Crippen LogP contribution is 2.38. The normalized spacial score (nSPS) is 21.1. The Hall–Kier alpha value is -2.53. The minimum Gasteiger partial charge on any atom is -0.477 e. The van der Waals surface area contributed by atoms with Crippen molar-refractivity contribution in [1.82, 2.24) is 4.90 Å². The first-order valence-electron chi connectivity index (χ1n) is 13.4. The fourth-order valence-corrected chi connectivity index (χ4v) is 5.70. The van der Waals surface area contributed by atoms with Crippen LogP contribution in [0.3, 0.4) is 0 Å². The standard InChI is InChI=1S/C29H42N2O5S/c1-19-8-10-20(11-9-19)25(32)31(21-13-16-30(17-14-21)27(35)36-29(5,6)7)23-18-22(12-15-28(2,3)4)37-24(23)26(33)34/h18-21H,8-11,13-14,16-17H2,1-7H3,(H,33,34)/t19-,20-. The third-order valence-corrected chi connectivity index (χ3v) is 7.84. The Morgan fingerprint density at radius 1 is 1.03 bits per heavy atom. The van der Waals surface area contributed by atoms with Gasteiger partial charge in [-0.05, 0) is 92.1 Å². The Balaban J connectivity index is 1.92. The second-order valence-electron chi connectivity index (χ2n) is 12.5. The van der Waals surface area contributed by atoms with Gasteiger partial charge in [-0.2, -0.15) is 0 Å². The van der Waals surface area contributed by atoms with Gasteiger partial charge >= 0.3 is 12.1 Å². The fraction of sp³-hybridized carbons (Fsp3) is 0.690. The minimum atomic E-state index is -1.05. The molecule has 0 bridgehead atoms. The molecule has 1 aromatic rings. The zero-order valence-corrected chi connectivity index (χ0v) is 24.2. The largest absolute Gasteiger partial charge is 0.477 e. The molecule has 7 nitrogen and oxygen atoms in total. The van der Waals surface area contributed by atoms with Gasteiger partial charge < -0.3 is 19.6 Å². The fourth-order valence-electron chi connectivity index (χ4n) is 4.86. The summed E-state index contributed by atoms with van der Waals surface area (Å²) in [6.07, 6.45) is 4.40. The second kappa shape index (κ2) is 11.5. The van der Waals surface area contributed by atoms with Gasteiger partial charge in [-0.15, -0.1) is 11.3 Å². The molecular formula is C29H42N2O5S. The highest BCUT2D eigenvalue weighted by Gasteiger charge is 2.38. The number of hydrogen-bond donors (Lipinski definition) is 1. The molecule has 1 aliphatic heterocycles. The maximum absolute atomic E-state index is 14.0. The molecule has 37 heavy (non-hydrogen) atoms. The molecule has 1 saturated heterocycles. The zero-order chi connectivity index (χ0) is 27.5. The highest BCUT2D eigenvalue weighted by molar-refractivity contribution is 7.15. The maximum Gasteiger partial charge on any atom is 0.410 e. The van der Waals surface area contributed by atoms with Crippen molar-refractivity contribution in [1.29, 1.82) is 0 Å². The number of amides is 2. The van der Waals surface area contributed by atoms with Gasteiger partial charge in [0.15, 0.2) is 0 Å². The summed E-state index contributed by atoms with van der Waals surface area (Å²) < 4.78 is 5.53. The summed E-state index contributed by atoms with van der Waals surface area (Å²) in [6.45, 7) is 14.7. The molecule has 2 amide bonds. The summed E-state index contributed by atoms with van der Waals surface area (Å²) in [6, 6.07) is 1.58. The van der Waals surface area contributed by atoms with Crippen LogP contribution in [-0.2, 0) is 9.53 Å². The monoisotopic (exact) mass is 530 g/mol. The lowest BCUT2D eigenvalue weighted by atomic mass is 9.82. The third-order valence-electron chi connectivity index (χ3n) is 6.81. The van der Waals surface area contributed by atoms with Crippen LogP contribution < -0.4 is 4.90 Å². The number of carboxylic acids is 1. The van der Waals surface area contributed by atoms with Gasteiger partial charge in [0.2, 0.25) is 5.91 Å². The van der Waals surface area contributed by atoms with Crippen molar-refractivity contribution in [3.63, 3.8) is 0 Å². The number of piperidine rings is 1. The Labute approximate surface area is 225 Å². The first-order chi connectivity index (χ1) is 17.1. The summed E-state index contributed by atoms with van der Waals surface area (Å²) >= 11 is 1.13. The van der Waals surface area contributed by atoms with Crippen molar-refractivity contribution < 1.29 is 24.2 Å². The summed E-state index contributed by atoms with van der Waals surface area (Å²) in [4.78, 5) is 43.1. The number of aromatic carboxylic acids is 1. The van der Waals surface area contributed by atoms with E-state index in [1.807, 2.05) is 41.5 Å². The van der Waals surface area contributed by atoms with Crippen molar-refractivity contribution in [3.05, 3.63) is 15.8 Å². The number of anilines is 1. The molecule has 0 radical (unpaired) electrons. The molecule has 1 N–H and O–H groups in total. The highest BCUT2D eigenvalue weighted by atomic mass is 32.1. The average Bonchev–Trinajstić information content (AvgIpc) is 3.21. The van der Waals surface area contributed by atoms with Gasteiger partial charge in [-0.25, -0.2) is 9.59 Å². The van der Waals surface area contributed by atoms with Gasteiger partial charge in [0, 0.05) is 30.5 Å². The van der Waals surface area contributed by atoms with E-state index in [0.29, 0.717) is 42.4 Å². The van der Waals surface area contributed by atoms with Crippen LogP contribution in [0.2, 0.25) is 0 Å². The van der Waals surface area contributed by atoms with Crippen LogP contribution in [0.25, 0.3) is 0 Å². The van der Waals surface area contributed by atoms with E-state index in [2.05, 4.69) is 18.8 Å². The number of likely N-dealkylation sites (tertiary alicyclic amines) is 1. The predicted molar refractivity (Wildman–Crippen MR) is 147 cm³/mol. The number of rotatable bonds is 4. The molecule has 8 heteroatoms. The first kappa shape index (κ1) is 29.0. The molecule has 0 spiro atoms. The van der Waals surface area contributed by atoms with Gasteiger partial charge in [0.25, 0.3) is 0 Å². The molecule has 0 unspecified atom stereocenters. The van der Waals surface area contributed by atoms with Gasteiger partial charge in [-0.3, -0.25) is 4.79 Å². The smallest absolute Gasteiger partial charge is 0.410 e. The summed E-state index contributed by atoms with van der Waals surface area (Å²) in [5.74, 6) is 5.73. The lowest BCUT2D eigenvalue weighted by Gasteiger charge is -2.40. The molecule has 1 saturated carbocycles. The van der Waals surface area contributed by atoms with E-state index in [9.17, 15) is 19.5 Å². The van der Waals surface area contributed by atoms with Crippen LogP contribution in [0, 0.1) is 29.1 Å². The van der Waals surface area contributed by atoms with Crippen LogP contribution >= 0.6 is 11.3 Å². The number of hydrogen-bond acceptors (Lipinski definition) is 5. The van der Waals surface area contributed by atoms with Crippen molar-refractivity contribution in [2.75, 3.05) is 18.0 Å². The van der Waals surface area contributed by atoms with Gasteiger partial charge in [-0.1, -0.05) is 18.8 Å². The summed E-state index contributed by atoms with van der Waals surface area (Å²) in [5, 5.41) is 10.1. The molecular weight excluding hydrogens is 488 g/mol. The van der Waals surface area contributed by atoms with Crippen molar-refractivity contribution in [2.24, 2.45) is 17.3 Å². The number of carbonyl (C=O) groups excluding carboxylic acids is 2. The second-order valence-corrected chi connectivity index (χ2v) is 13.5. The Kier molecular flexibility index (Phi) is 9.00. The lowest BCUT2D eigenvalue weighted by Crippen LogP contribution is -2.51. The quantitative estimate of drug-likeness (QED) is 0.455. The van der Waals surface area contributed by atoms with E-state index in [0.717, 1.165) is 37.0 Å². The Morgan fingerprint density at radius 2 is 1.62 bits per heavy atom. The molecule has 1 aliphatic carbocycles. The van der Waals surface area contributed by atoms with E-state index in [1.54, 1.807) is 15.9 Å². The van der Waals surface area contributed by atoms with E-state index in [-0.39, 0.29) is 34.3 Å². The maximum atomic E-state index is 14.0. The van der Waals surface area contributed by atoms with Gasteiger partial charge in [0.05, 0.1) is 10.6 Å². The van der Waals surface area contributed by atoms with E-state index in [4.69, 9.17) is 4.74 Å². The summed E-state index contributed by atoms with van der Waals surface area (Å²) in [7, 11) is 0. The molecule has 2 fully saturated rings. The van der Waals surface area contributed by atoms with Crippen LogP contribution in [0.15, 0.2) is 6.07 Å². The van der Waals surface area contributed by atoms with E-state index in [1.165, 1.54) is 0 Å². The molecule has 2 heterocycles. The van der Waals surface area contributed by atoms with Crippen molar-refractivity contribution >= 4 is 35.0 Å². The lowest BCUT2D eigenvalue weighted by molar-refractivity contribution is -0.124. The number of carbonyl (C=O) groups is 3. The van der Waals surface area contributed by atoms with Crippen molar-refractivity contribution in [2.45, 2.75) is 98.6 Å². The zero-order valence-electron chi connectivity index (χ0n) is 23.3.